The first kappa shape index (κ1) is 108. The number of amidine groups is 2. The fourth-order valence-electron chi connectivity index (χ4n) is 20.5. The molecule has 8 aliphatic rings. The number of hydrogen-bond acceptors (Lipinski definition) is 19. The molecule has 146 heavy (non-hydrogen) atoms. The van der Waals surface area contributed by atoms with E-state index in [1.54, 1.807) is 166 Å². The largest absolute Gasteiger partial charge is 0.444 e. The predicted molar refractivity (Wildman–Crippen MR) is 530 cm³/mol. The molecule has 3 heterocycles. The van der Waals surface area contributed by atoms with Crippen LogP contribution in [0.4, 0.5) is 61.9 Å². The van der Waals surface area contributed by atoms with Gasteiger partial charge in [0.25, 0.3) is 11.8 Å². The van der Waals surface area contributed by atoms with E-state index in [0.717, 1.165) is 48.5 Å². The molecule has 11 aromatic rings. The number of rotatable bonds is 22. The van der Waals surface area contributed by atoms with E-state index in [9.17, 15) is 78.0 Å². The fraction of sp³-hybridized carbons (Fsp3) is 0.345. The molecule has 11 aromatic carbocycles. The van der Waals surface area contributed by atoms with Crippen molar-refractivity contribution in [3.05, 3.63) is 392 Å². The molecule has 20 nitrogen and oxygen atoms in total. The van der Waals surface area contributed by atoms with Gasteiger partial charge in [-0.15, -0.1) is 0 Å². The molecule has 10 N–H and O–H groups in total. The van der Waals surface area contributed by atoms with Crippen molar-refractivity contribution in [2.75, 3.05) is 31.3 Å². The van der Waals surface area contributed by atoms with E-state index >= 15 is 8.78 Å². The van der Waals surface area contributed by atoms with Crippen molar-refractivity contribution >= 4 is 69.1 Å². The molecule has 0 bridgehead atoms. The number of thiocarbonyl (C=S) groups is 1. The summed E-state index contributed by atoms with van der Waals surface area (Å²) >= 11 is 8.25. The van der Waals surface area contributed by atoms with E-state index < -0.39 is 122 Å². The van der Waals surface area contributed by atoms with Gasteiger partial charge < -0.3 is 60.2 Å². The van der Waals surface area contributed by atoms with Gasteiger partial charge in [0.1, 0.15) is 34.7 Å². The van der Waals surface area contributed by atoms with Gasteiger partial charge in [-0.25, -0.2) is 61.9 Å². The number of ether oxygens (including phenoxy) is 5. The highest BCUT2D eigenvalue weighted by Gasteiger charge is 2.57. The monoisotopic (exact) mass is 2080 g/mol. The number of benzene rings is 11. The number of nitrogens with one attached hydrogen (secondary N) is 5. The second-order valence-corrected chi connectivity index (χ2v) is 40.7. The van der Waals surface area contributed by atoms with Gasteiger partial charge in [-0.3, -0.25) is 30.2 Å². The van der Waals surface area contributed by atoms with Crippen LogP contribution in [0.1, 0.15) is 156 Å². The van der Waals surface area contributed by atoms with Crippen LogP contribution in [0.25, 0.3) is 0 Å². The molecule has 0 unspecified atom stereocenters. The van der Waals surface area contributed by atoms with Crippen molar-refractivity contribution in [1.29, 1.82) is 0 Å². The molecule has 5 saturated carbocycles. The minimum atomic E-state index is -1.18. The first-order valence-electron chi connectivity index (χ1n) is 47.5. The third kappa shape index (κ3) is 25.8. The Morgan fingerprint density at radius 3 is 1.25 bits per heavy atom. The lowest BCUT2D eigenvalue weighted by molar-refractivity contribution is 0.00368. The summed E-state index contributed by atoms with van der Waals surface area (Å²) in [5.41, 5.74) is 9.38. The molecular formula is C110H109F13N8O12S3. The van der Waals surface area contributed by atoms with Crippen molar-refractivity contribution in [2.24, 2.45) is 45.3 Å². The van der Waals surface area contributed by atoms with Crippen LogP contribution in [0.5, 0.6) is 0 Å². The first-order valence-corrected chi connectivity index (χ1v) is 49.9. The molecule has 19 rings (SSSR count). The third-order valence-electron chi connectivity index (χ3n) is 27.5. The number of aliphatic hydroxyl groups excluding tert-OH is 3. The van der Waals surface area contributed by atoms with Crippen molar-refractivity contribution in [2.45, 2.75) is 175 Å². The Hall–Kier alpha value is -11.8. The van der Waals surface area contributed by atoms with Crippen LogP contribution in [0, 0.1) is 105 Å². The Morgan fingerprint density at radius 2 is 0.801 bits per heavy atom. The van der Waals surface area contributed by atoms with E-state index in [1.165, 1.54) is 78.1 Å². The Morgan fingerprint density at radius 1 is 0.425 bits per heavy atom. The Balaban J connectivity index is 0.000000138. The normalized spacial score (nSPS) is 25.1. The second kappa shape index (κ2) is 48.0. The minimum Gasteiger partial charge on any atom is -0.444 e. The van der Waals surface area contributed by atoms with Gasteiger partial charge in [-0.2, -0.15) is 5.48 Å². The SMILES string of the molecule is CC(C)(C)OC(=O)NC1=N[C@@]2(c3ccccc3F)C[C@@H](O)C[C@H]2CS1.Fc1ccc(CO[C@H]2C[C@H]3CON[C@@]3(c3ccccc3F)C2)cc1F.N[C@@]1(c2ccccc2F)C[C@@H](OCc2ccc(F)c(F)c2)C[C@H]1CO.O=C(NC(=S)N[C@@]1(c2ccccc2F)C[C@@H](OCc2ccc(F)c(F)c2)C[C@H]1CO)c1ccccc1.O=C(NC1=N[C@@]2(c3ccccc3F)C[C@@H](OCc3ccc(F)c(F)c3)C[C@H]2CS1)c1ccccc1. The molecule has 3 amide bonds. The molecule has 770 valence electrons. The standard InChI is InChI=1S/C27H25F3N2O3S.C27H23F3N2O2S.C19H18F3NO2.C19H20F3NO2.C18H23FN2O3S/c28-22-9-5-4-8-21(22)27(32-26(36)31-25(34)18-6-2-1-3-7-18)14-20(13-19(27)15-33)35-16-17-10-11-23(29)24(30)12-17;28-22-9-5-4-8-21(22)27-14-20(34-15-17-10-11-23(29)24(30)12-17)13-19(27)16-35-26(32-27)31-25(33)18-6-2-1-3-7-18;20-16-4-2-1-3-15(16)19-9-14(8-13(19)11-25-23-19)24-10-12-5-6-17(21)18(22)7-12;20-16-4-2-1-3-15(16)19(23)9-14(8-13(19)10-24)25-11-12-5-6-17(21)18(22)7-12;1-17(2,3)24-16(23)20-15-21-18(13-6-4-5-7-14(13)19)9-12(22)8-11(18)10-25-15/h1-12,19-20,33H,13-16H2,(H2,31,32,34,36);1-12,19-20H,13-16H2,(H,31,32,33);1-7,13-14,23H,8-11H2;1-7,13-14,24H,8-11,23H2;4-7,11-12,22H,8-10H2,1-3H3,(H,20,21,23)/t2*19-,20-,27-;2*13-,14-,19-;11-,12-,18-/m00000/s1. The lowest BCUT2D eigenvalue weighted by atomic mass is 9.80. The molecule has 5 aliphatic carbocycles. The van der Waals surface area contributed by atoms with Crippen LogP contribution in [0.15, 0.2) is 265 Å². The molecular weight excluding hydrogens is 1970 g/mol. The maximum Gasteiger partial charge on any atom is 0.413 e. The highest BCUT2D eigenvalue weighted by molar-refractivity contribution is 8.14. The number of aliphatic imine (C=N–C) groups is 2. The number of thioether (sulfide) groups is 2. The first-order chi connectivity index (χ1) is 70.0. The summed E-state index contributed by atoms with van der Waals surface area (Å²) in [6.45, 7) is 5.73. The highest BCUT2D eigenvalue weighted by Crippen LogP contribution is 2.56. The maximum atomic E-state index is 15.1. The number of nitrogens with zero attached hydrogens (tertiary/aromatic N) is 2. The minimum absolute atomic E-state index is 0.00254. The number of hydrogen-bond donors (Lipinski definition) is 9. The quantitative estimate of drug-likeness (QED) is 0.0225. The van der Waals surface area contributed by atoms with Gasteiger partial charge in [-0.05, 0) is 203 Å². The van der Waals surface area contributed by atoms with Gasteiger partial charge in [-0.1, -0.05) is 175 Å². The molecule has 3 aliphatic heterocycles. The van der Waals surface area contributed by atoms with E-state index in [1.807, 2.05) is 6.07 Å². The number of aliphatic hydroxyl groups is 3. The number of fused-ring (bicyclic) bond motifs is 3. The summed E-state index contributed by atoms with van der Waals surface area (Å²) in [7, 11) is 0. The maximum absolute atomic E-state index is 15.1. The second-order valence-electron chi connectivity index (χ2n) is 38.2. The zero-order chi connectivity index (χ0) is 104. The number of carbonyl (C=O) groups excluding carboxylic acids is 3. The molecule has 0 radical (unpaired) electrons. The van der Waals surface area contributed by atoms with Gasteiger partial charge in [0.05, 0.1) is 91.2 Å². The van der Waals surface area contributed by atoms with Gasteiger partial charge in [0.15, 0.2) is 62.0 Å². The van der Waals surface area contributed by atoms with Gasteiger partial charge in [0, 0.05) is 113 Å². The Kier molecular flexibility index (Phi) is 35.7. The van der Waals surface area contributed by atoms with E-state index in [4.69, 9.17) is 56.5 Å². The number of hydroxylamine groups is 1. The lowest BCUT2D eigenvalue weighted by Crippen LogP contribution is -2.54. The Bertz CT molecular complexity index is 6460. The number of halogens is 13. The zero-order valence-corrected chi connectivity index (χ0v) is 82.0. The molecule has 0 spiro atoms. The van der Waals surface area contributed by atoms with Crippen LogP contribution >= 0.6 is 35.7 Å². The average Bonchev–Trinajstić information content (AvgIpc) is 1.56. The topological polar surface area (TPSA) is 278 Å². The smallest absolute Gasteiger partial charge is 0.413 e. The lowest BCUT2D eigenvalue weighted by Gasteiger charge is -2.37. The summed E-state index contributed by atoms with van der Waals surface area (Å²) in [6.07, 6.45) is 2.32. The van der Waals surface area contributed by atoms with E-state index in [0.29, 0.717) is 142 Å². The third-order valence-corrected chi connectivity index (χ3v) is 29.8. The fourth-order valence-corrected chi connectivity index (χ4v) is 23.1. The van der Waals surface area contributed by atoms with Crippen molar-refractivity contribution in [3.63, 3.8) is 0 Å². The van der Waals surface area contributed by atoms with Crippen LogP contribution in [-0.2, 0) is 82.6 Å². The summed E-state index contributed by atoms with van der Waals surface area (Å²) in [4.78, 5) is 52.4. The van der Waals surface area contributed by atoms with Crippen molar-refractivity contribution in [3.8, 4) is 0 Å². The molecule has 1 saturated heterocycles. The van der Waals surface area contributed by atoms with Crippen LogP contribution in [0.3, 0.4) is 0 Å². The molecule has 15 atom stereocenters. The van der Waals surface area contributed by atoms with Crippen molar-refractivity contribution < 1.29 is 115 Å². The summed E-state index contributed by atoms with van der Waals surface area (Å²) < 4.78 is 208. The highest BCUT2D eigenvalue weighted by atomic mass is 32.2. The molecule has 6 fully saturated rings. The van der Waals surface area contributed by atoms with Crippen LogP contribution in [-0.4, -0.2) is 116 Å². The molecule has 36 heteroatoms. The number of nitrogens with two attached hydrogens (primary N) is 1. The number of carbonyl (C=O) groups is 3. The number of alkyl carbamates (subject to hydrolysis) is 1. The average molecular weight is 2080 g/mol. The van der Waals surface area contributed by atoms with Gasteiger partial charge in [0.2, 0.25) is 0 Å². The predicted octanol–water partition coefficient (Wildman–Crippen LogP) is 20.9. The summed E-state index contributed by atoms with van der Waals surface area (Å²) in [6, 6.07) is 64.0. The zero-order valence-electron chi connectivity index (χ0n) is 79.6. The van der Waals surface area contributed by atoms with E-state index in [2.05, 4.69) is 26.7 Å². The molecule has 0 aromatic heterocycles. The van der Waals surface area contributed by atoms with E-state index in [-0.39, 0.29) is 122 Å². The van der Waals surface area contributed by atoms with Crippen LogP contribution in [0.2, 0.25) is 0 Å². The van der Waals surface area contributed by atoms with Gasteiger partial charge >= 0.3 is 6.09 Å². The van der Waals surface area contributed by atoms with Crippen LogP contribution < -0.4 is 32.5 Å². The number of amides is 3. The summed E-state index contributed by atoms with van der Waals surface area (Å²) in [5.74, 6) is -9.42. The summed E-state index contributed by atoms with van der Waals surface area (Å²) in [5, 5.41) is 42.2. The Labute approximate surface area is 849 Å². The van der Waals surface area contributed by atoms with Crippen molar-refractivity contribution in [1.82, 2.24) is 26.7 Å².